The predicted molar refractivity (Wildman–Crippen MR) is 76.4 cm³/mol. The van der Waals surface area contributed by atoms with E-state index in [1.54, 1.807) is 17.0 Å². The molecule has 0 spiro atoms. The van der Waals surface area contributed by atoms with Crippen LogP contribution in [0.2, 0.25) is 0 Å². The maximum atomic E-state index is 12.5. The zero-order valence-electron chi connectivity index (χ0n) is 10.8. The van der Waals surface area contributed by atoms with Gasteiger partial charge in [-0.25, -0.2) is 0 Å². The zero-order chi connectivity index (χ0) is 13.4. The van der Waals surface area contributed by atoms with Gasteiger partial charge in [0.05, 0.1) is 11.3 Å². The van der Waals surface area contributed by atoms with Gasteiger partial charge in [-0.2, -0.15) is 11.8 Å². The molecule has 0 aliphatic carbocycles. The van der Waals surface area contributed by atoms with Crippen molar-refractivity contribution >= 4 is 29.3 Å². The SMILES string of the molecule is CCSC1CC2C(=O)Nc3ccccc3C(=O)N2C1. The Bertz CT molecular complexity index is 532. The minimum atomic E-state index is -0.316. The van der Waals surface area contributed by atoms with Crippen LogP contribution in [-0.2, 0) is 4.79 Å². The summed E-state index contributed by atoms with van der Waals surface area (Å²) in [6.45, 7) is 2.77. The fourth-order valence-corrected chi connectivity index (χ4v) is 3.83. The highest BCUT2D eigenvalue weighted by molar-refractivity contribution is 7.99. The van der Waals surface area contributed by atoms with Crippen LogP contribution in [0.25, 0.3) is 0 Å². The van der Waals surface area contributed by atoms with Gasteiger partial charge in [-0.1, -0.05) is 19.1 Å². The summed E-state index contributed by atoms with van der Waals surface area (Å²) in [5.74, 6) is 0.924. The molecular formula is C14H16N2O2S. The molecule has 0 radical (unpaired) electrons. The first-order valence-electron chi connectivity index (χ1n) is 6.53. The van der Waals surface area contributed by atoms with Crippen LogP contribution in [0, 0.1) is 0 Å². The average Bonchev–Trinajstić information content (AvgIpc) is 2.79. The number of nitrogens with zero attached hydrogens (tertiary/aromatic N) is 1. The Labute approximate surface area is 116 Å². The van der Waals surface area contributed by atoms with Crippen LogP contribution in [0.4, 0.5) is 5.69 Å². The third kappa shape index (κ3) is 2.12. The quantitative estimate of drug-likeness (QED) is 0.898. The van der Waals surface area contributed by atoms with E-state index in [1.807, 2.05) is 23.9 Å². The summed E-state index contributed by atoms with van der Waals surface area (Å²) < 4.78 is 0. The normalized spacial score (nSPS) is 25.6. The van der Waals surface area contributed by atoms with E-state index in [2.05, 4.69) is 12.2 Å². The lowest BCUT2D eigenvalue weighted by Gasteiger charge is -2.19. The molecule has 1 aromatic carbocycles. The third-order valence-corrected chi connectivity index (χ3v) is 4.79. The molecule has 0 saturated carbocycles. The topological polar surface area (TPSA) is 49.4 Å². The number of hydrogen-bond acceptors (Lipinski definition) is 3. The van der Waals surface area contributed by atoms with Crippen LogP contribution in [0.15, 0.2) is 24.3 Å². The highest BCUT2D eigenvalue weighted by Gasteiger charge is 2.42. The minimum Gasteiger partial charge on any atom is -0.325 e. The van der Waals surface area contributed by atoms with E-state index in [-0.39, 0.29) is 17.9 Å². The first-order chi connectivity index (χ1) is 9.20. The van der Waals surface area contributed by atoms with Gasteiger partial charge in [0.25, 0.3) is 5.91 Å². The molecule has 2 aliphatic rings. The molecule has 100 valence electrons. The van der Waals surface area contributed by atoms with Crippen LogP contribution in [-0.4, -0.2) is 40.3 Å². The van der Waals surface area contributed by atoms with Gasteiger partial charge in [0.1, 0.15) is 6.04 Å². The first-order valence-corrected chi connectivity index (χ1v) is 7.58. The second-order valence-electron chi connectivity index (χ2n) is 4.82. The Kier molecular flexibility index (Phi) is 3.22. The number of fused-ring (bicyclic) bond motifs is 2. The summed E-state index contributed by atoms with van der Waals surface area (Å²) in [6.07, 6.45) is 0.754. The van der Waals surface area contributed by atoms with E-state index in [0.717, 1.165) is 12.2 Å². The van der Waals surface area contributed by atoms with Crippen molar-refractivity contribution in [3.8, 4) is 0 Å². The predicted octanol–water partition coefficient (Wildman–Crippen LogP) is 1.97. The van der Waals surface area contributed by atoms with Crippen molar-refractivity contribution in [2.45, 2.75) is 24.6 Å². The van der Waals surface area contributed by atoms with Gasteiger partial charge >= 0.3 is 0 Å². The van der Waals surface area contributed by atoms with Crippen LogP contribution in [0.5, 0.6) is 0 Å². The highest BCUT2D eigenvalue weighted by atomic mass is 32.2. The lowest BCUT2D eigenvalue weighted by Crippen LogP contribution is -2.40. The lowest BCUT2D eigenvalue weighted by molar-refractivity contribution is -0.119. The van der Waals surface area contributed by atoms with Gasteiger partial charge < -0.3 is 10.2 Å². The van der Waals surface area contributed by atoms with Gasteiger partial charge in [0, 0.05) is 11.8 Å². The van der Waals surface area contributed by atoms with Crippen molar-refractivity contribution in [3.63, 3.8) is 0 Å². The van der Waals surface area contributed by atoms with E-state index in [0.29, 0.717) is 23.0 Å². The smallest absolute Gasteiger partial charge is 0.256 e. The van der Waals surface area contributed by atoms with Crippen molar-refractivity contribution in [1.82, 2.24) is 4.90 Å². The lowest BCUT2D eigenvalue weighted by atomic mass is 10.1. The Morgan fingerprint density at radius 1 is 1.37 bits per heavy atom. The molecule has 0 bridgehead atoms. The molecule has 1 fully saturated rings. The fourth-order valence-electron chi connectivity index (χ4n) is 2.78. The van der Waals surface area contributed by atoms with Gasteiger partial charge in [-0.3, -0.25) is 9.59 Å². The van der Waals surface area contributed by atoms with Gasteiger partial charge in [-0.15, -0.1) is 0 Å². The summed E-state index contributed by atoms with van der Waals surface area (Å²) in [4.78, 5) is 26.5. The van der Waals surface area contributed by atoms with E-state index < -0.39 is 0 Å². The Morgan fingerprint density at radius 2 is 2.16 bits per heavy atom. The van der Waals surface area contributed by atoms with E-state index in [9.17, 15) is 9.59 Å². The maximum absolute atomic E-state index is 12.5. The summed E-state index contributed by atoms with van der Waals surface area (Å²) in [5.41, 5.74) is 1.23. The van der Waals surface area contributed by atoms with Gasteiger partial charge in [-0.05, 0) is 24.3 Å². The molecule has 2 atom stereocenters. The average molecular weight is 276 g/mol. The van der Waals surface area contributed by atoms with Crippen molar-refractivity contribution in [3.05, 3.63) is 29.8 Å². The third-order valence-electron chi connectivity index (χ3n) is 3.64. The summed E-state index contributed by atoms with van der Waals surface area (Å²) in [6, 6.07) is 6.91. The number of para-hydroxylation sites is 1. The highest BCUT2D eigenvalue weighted by Crippen LogP contribution is 2.33. The number of amides is 2. The second kappa shape index (κ2) is 4.89. The molecule has 0 aromatic heterocycles. The van der Waals surface area contributed by atoms with Crippen molar-refractivity contribution < 1.29 is 9.59 Å². The molecule has 2 aliphatic heterocycles. The molecule has 4 nitrogen and oxygen atoms in total. The maximum Gasteiger partial charge on any atom is 0.256 e. The van der Waals surface area contributed by atoms with Crippen LogP contribution in [0.3, 0.4) is 0 Å². The summed E-state index contributed by atoms with van der Waals surface area (Å²) in [7, 11) is 0. The number of carbonyl (C=O) groups excluding carboxylic acids is 2. The van der Waals surface area contributed by atoms with E-state index in [4.69, 9.17) is 0 Å². The van der Waals surface area contributed by atoms with E-state index >= 15 is 0 Å². The van der Waals surface area contributed by atoms with Crippen molar-refractivity contribution in [2.24, 2.45) is 0 Å². The molecule has 2 heterocycles. The Hall–Kier alpha value is -1.49. The molecule has 5 heteroatoms. The number of carbonyl (C=O) groups is 2. The largest absolute Gasteiger partial charge is 0.325 e. The number of thioether (sulfide) groups is 1. The number of rotatable bonds is 2. The van der Waals surface area contributed by atoms with Crippen LogP contribution >= 0.6 is 11.8 Å². The minimum absolute atomic E-state index is 0.0295. The summed E-state index contributed by atoms with van der Waals surface area (Å²) >= 11 is 1.82. The van der Waals surface area contributed by atoms with Crippen molar-refractivity contribution in [2.75, 3.05) is 17.6 Å². The molecule has 2 amide bonds. The number of benzene rings is 1. The molecule has 1 saturated heterocycles. The number of nitrogens with one attached hydrogen (secondary N) is 1. The first kappa shape index (κ1) is 12.5. The van der Waals surface area contributed by atoms with Crippen molar-refractivity contribution in [1.29, 1.82) is 0 Å². The second-order valence-corrected chi connectivity index (χ2v) is 6.40. The fraction of sp³-hybridized carbons (Fsp3) is 0.429. The standard InChI is InChI=1S/C14H16N2O2S/c1-2-19-9-7-12-13(17)15-11-6-4-3-5-10(11)14(18)16(12)8-9/h3-6,9,12H,2,7-8H2,1H3,(H,15,17). The molecule has 1 aromatic rings. The molecule has 3 rings (SSSR count). The molecule has 2 unspecified atom stereocenters. The van der Waals surface area contributed by atoms with Gasteiger partial charge in [0.15, 0.2) is 0 Å². The number of anilines is 1. The van der Waals surface area contributed by atoms with Crippen LogP contribution in [0.1, 0.15) is 23.7 Å². The Balaban J connectivity index is 1.94. The van der Waals surface area contributed by atoms with E-state index in [1.165, 1.54) is 0 Å². The molecule has 1 N–H and O–H groups in total. The molecule has 19 heavy (non-hydrogen) atoms. The van der Waals surface area contributed by atoms with Crippen LogP contribution < -0.4 is 5.32 Å². The zero-order valence-corrected chi connectivity index (χ0v) is 11.6. The summed E-state index contributed by atoms with van der Waals surface area (Å²) in [5, 5.41) is 3.25. The Morgan fingerprint density at radius 3 is 2.95 bits per heavy atom. The number of hydrogen-bond donors (Lipinski definition) is 1. The monoisotopic (exact) mass is 276 g/mol. The van der Waals surface area contributed by atoms with Gasteiger partial charge in [0.2, 0.25) is 5.91 Å². The molecular weight excluding hydrogens is 260 g/mol.